The standard InChI is InChI=1S/C34H33N3O8/c1-3-11-36(33(40)43-17-20-8-6-5-7-9-20)12-10-21-22-13-28-29(45-19-44-28)15-26(22)35-30-23(21)16-37-27(30)14-25-24(31(37)38)18-42-32(39)34(25,41)4-2/h5-9,13-15,41H,3-4,10-12,16-19H2,1-2H3/t34-/m0/s1. The molecule has 11 nitrogen and oxygen atoms in total. The number of carbonyl (C=O) groups is 2. The number of rotatable bonds is 8. The molecule has 4 aromatic rings. The van der Waals surface area contributed by atoms with Gasteiger partial charge in [0.05, 0.1) is 29.0 Å². The van der Waals surface area contributed by atoms with E-state index in [1.54, 1.807) is 22.5 Å². The Morgan fingerprint density at radius 3 is 2.58 bits per heavy atom. The Hall–Kier alpha value is -4.90. The average molecular weight is 612 g/mol. The van der Waals surface area contributed by atoms with Gasteiger partial charge in [0.15, 0.2) is 17.1 Å². The predicted octanol–water partition coefficient (Wildman–Crippen LogP) is 4.40. The molecule has 0 bridgehead atoms. The van der Waals surface area contributed by atoms with Gasteiger partial charge >= 0.3 is 12.1 Å². The van der Waals surface area contributed by atoms with Gasteiger partial charge in [-0.3, -0.25) is 4.79 Å². The largest absolute Gasteiger partial charge is 0.458 e. The summed E-state index contributed by atoms with van der Waals surface area (Å²) >= 11 is 0. The predicted molar refractivity (Wildman–Crippen MR) is 163 cm³/mol. The number of hydrogen-bond donors (Lipinski definition) is 1. The summed E-state index contributed by atoms with van der Waals surface area (Å²) in [6, 6.07) is 15.0. The van der Waals surface area contributed by atoms with Crippen molar-refractivity contribution in [2.24, 2.45) is 0 Å². The summed E-state index contributed by atoms with van der Waals surface area (Å²) in [5.41, 5.74) is 2.68. The lowest BCUT2D eigenvalue weighted by Gasteiger charge is -2.31. The fourth-order valence-corrected chi connectivity index (χ4v) is 6.46. The topological polar surface area (TPSA) is 129 Å². The second-order valence-corrected chi connectivity index (χ2v) is 11.5. The third-order valence-electron chi connectivity index (χ3n) is 8.89. The summed E-state index contributed by atoms with van der Waals surface area (Å²) in [6.45, 7) is 4.90. The lowest BCUT2D eigenvalue weighted by molar-refractivity contribution is -0.172. The molecule has 1 N–H and O–H groups in total. The van der Waals surface area contributed by atoms with Crippen LogP contribution in [-0.4, -0.2) is 51.5 Å². The average Bonchev–Trinajstić information content (AvgIpc) is 3.67. The quantitative estimate of drug-likeness (QED) is 0.254. The van der Waals surface area contributed by atoms with Crippen LogP contribution in [0, 0.1) is 0 Å². The highest BCUT2D eigenvalue weighted by molar-refractivity contribution is 5.91. The van der Waals surface area contributed by atoms with Crippen LogP contribution in [0.25, 0.3) is 22.3 Å². The molecule has 45 heavy (non-hydrogen) atoms. The zero-order valence-electron chi connectivity index (χ0n) is 25.1. The van der Waals surface area contributed by atoms with E-state index in [4.69, 9.17) is 23.9 Å². The first-order chi connectivity index (χ1) is 21.8. The maximum absolute atomic E-state index is 13.8. The molecule has 7 rings (SSSR count). The molecule has 0 unspecified atom stereocenters. The molecule has 0 saturated carbocycles. The third-order valence-corrected chi connectivity index (χ3v) is 8.89. The number of benzene rings is 2. The zero-order chi connectivity index (χ0) is 31.3. The lowest BCUT2D eigenvalue weighted by Crippen LogP contribution is -2.44. The molecule has 3 aliphatic heterocycles. The van der Waals surface area contributed by atoms with Gasteiger partial charge < -0.3 is 33.5 Å². The molecular weight excluding hydrogens is 578 g/mol. The van der Waals surface area contributed by atoms with Gasteiger partial charge in [-0.1, -0.05) is 44.2 Å². The van der Waals surface area contributed by atoms with Gasteiger partial charge in [0.1, 0.15) is 13.2 Å². The fraction of sp³-hybridized carbons (Fsp3) is 0.353. The van der Waals surface area contributed by atoms with E-state index >= 15 is 0 Å². The van der Waals surface area contributed by atoms with Crippen molar-refractivity contribution < 1.29 is 33.6 Å². The number of fused-ring (bicyclic) bond motifs is 6. The van der Waals surface area contributed by atoms with E-state index in [-0.39, 0.29) is 49.7 Å². The van der Waals surface area contributed by atoms with Gasteiger partial charge in [0, 0.05) is 35.7 Å². The zero-order valence-corrected chi connectivity index (χ0v) is 25.1. The number of cyclic esters (lactones) is 1. The van der Waals surface area contributed by atoms with E-state index in [0.717, 1.165) is 28.5 Å². The van der Waals surface area contributed by atoms with E-state index in [0.29, 0.717) is 47.9 Å². The maximum Gasteiger partial charge on any atom is 0.410 e. The minimum absolute atomic E-state index is 0.0576. The van der Waals surface area contributed by atoms with Gasteiger partial charge in [-0.05, 0) is 42.5 Å². The van der Waals surface area contributed by atoms with Gasteiger partial charge in [-0.2, -0.15) is 0 Å². The fourth-order valence-electron chi connectivity index (χ4n) is 6.46. The number of aromatic nitrogens is 2. The summed E-state index contributed by atoms with van der Waals surface area (Å²) in [7, 11) is 0. The van der Waals surface area contributed by atoms with Gasteiger partial charge in [0.25, 0.3) is 5.56 Å². The number of carbonyl (C=O) groups excluding carboxylic acids is 2. The summed E-state index contributed by atoms with van der Waals surface area (Å²) in [4.78, 5) is 46.3. The van der Waals surface area contributed by atoms with Crippen molar-refractivity contribution in [1.82, 2.24) is 14.5 Å². The summed E-state index contributed by atoms with van der Waals surface area (Å²) in [5, 5.41) is 12.1. The number of esters is 1. The molecule has 1 amide bonds. The van der Waals surface area contributed by atoms with Crippen molar-refractivity contribution in [3.8, 4) is 22.9 Å². The van der Waals surface area contributed by atoms with Crippen LogP contribution in [0.3, 0.4) is 0 Å². The van der Waals surface area contributed by atoms with Gasteiger partial charge in [0.2, 0.25) is 6.79 Å². The molecule has 0 aliphatic carbocycles. The Morgan fingerprint density at radius 1 is 1.04 bits per heavy atom. The number of aliphatic hydroxyl groups is 1. The first kappa shape index (κ1) is 28.8. The first-order valence-electron chi connectivity index (χ1n) is 15.2. The highest BCUT2D eigenvalue weighted by Gasteiger charge is 2.45. The highest BCUT2D eigenvalue weighted by atomic mass is 16.7. The molecular formula is C34H33N3O8. The highest BCUT2D eigenvalue weighted by Crippen LogP contribution is 2.43. The van der Waals surface area contributed by atoms with E-state index in [1.165, 1.54) is 0 Å². The first-order valence-corrected chi connectivity index (χ1v) is 15.2. The molecule has 0 fully saturated rings. The Morgan fingerprint density at radius 2 is 1.82 bits per heavy atom. The van der Waals surface area contributed by atoms with E-state index in [9.17, 15) is 19.5 Å². The summed E-state index contributed by atoms with van der Waals surface area (Å²) < 4.78 is 23.8. The van der Waals surface area contributed by atoms with Crippen molar-refractivity contribution >= 4 is 23.0 Å². The Balaban J connectivity index is 1.29. The molecule has 0 radical (unpaired) electrons. The van der Waals surface area contributed by atoms with Crippen LogP contribution >= 0.6 is 0 Å². The number of hydrogen-bond acceptors (Lipinski definition) is 9. The normalized spacial score (nSPS) is 17.4. The van der Waals surface area contributed by atoms with Crippen LogP contribution in [0.5, 0.6) is 11.5 Å². The van der Waals surface area contributed by atoms with Crippen LogP contribution in [0.4, 0.5) is 4.79 Å². The minimum Gasteiger partial charge on any atom is -0.458 e. The Kier molecular flexibility index (Phi) is 7.20. The van der Waals surface area contributed by atoms with Crippen LogP contribution in [0.2, 0.25) is 0 Å². The molecule has 11 heteroatoms. The lowest BCUT2D eigenvalue weighted by atomic mass is 9.86. The van der Waals surface area contributed by atoms with Crippen molar-refractivity contribution in [2.75, 3.05) is 19.9 Å². The number of amides is 1. The SMILES string of the molecule is CCCN(CCc1c2c(nc3cc4c(cc13)OCO4)-c1cc3c(c(=O)n1C2)COC(=O)[C@]3(O)CC)C(=O)OCc1ccccc1. The summed E-state index contributed by atoms with van der Waals surface area (Å²) in [5.74, 6) is 0.405. The second-order valence-electron chi connectivity index (χ2n) is 11.5. The van der Waals surface area contributed by atoms with Crippen LogP contribution in [0.1, 0.15) is 54.5 Å². The minimum atomic E-state index is -1.92. The Bertz CT molecular complexity index is 1900. The molecule has 232 valence electrons. The smallest absolute Gasteiger partial charge is 0.410 e. The molecule has 3 aliphatic rings. The number of nitrogens with zero attached hydrogens (tertiary/aromatic N) is 3. The molecule has 2 aromatic heterocycles. The molecule has 0 saturated heterocycles. The van der Waals surface area contributed by atoms with E-state index in [2.05, 4.69) is 0 Å². The second kappa shape index (κ2) is 11.2. The molecule has 0 spiro atoms. The Labute approximate surface area is 258 Å². The van der Waals surface area contributed by atoms with E-state index in [1.807, 2.05) is 49.4 Å². The van der Waals surface area contributed by atoms with Crippen LogP contribution < -0.4 is 15.0 Å². The van der Waals surface area contributed by atoms with Crippen molar-refractivity contribution in [3.63, 3.8) is 0 Å². The van der Waals surface area contributed by atoms with Crippen molar-refractivity contribution in [1.29, 1.82) is 0 Å². The molecule has 5 heterocycles. The van der Waals surface area contributed by atoms with Crippen molar-refractivity contribution in [2.45, 2.75) is 58.5 Å². The monoisotopic (exact) mass is 611 g/mol. The molecule has 1 atom stereocenters. The van der Waals surface area contributed by atoms with E-state index < -0.39 is 17.7 Å². The summed E-state index contributed by atoms with van der Waals surface area (Å²) in [6.07, 6.45) is 0.873. The molecule has 2 aromatic carbocycles. The van der Waals surface area contributed by atoms with Gasteiger partial charge in [-0.15, -0.1) is 0 Å². The van der Waals surface area contributed by atoms with Crippen LogP contribution in [0.15, 0.2) is 53.3 Å². The number of pyridine rings is 2. The maximum atomic E-state index is 13.8. The van der Waals surface area contributed by atoms with Crippen molar-refractivity contribution in [3.05, 3.63) is 86.7 Å². The van der Waals surface area contributed by atoms with Gasteiger partial charge in [-0.25, -0.2) is 14.6 Å². The number of ether oxygens (including phenoxy) is 4. The van der Waals surface area contributed by atoms with Crippen LogP contribution in [-0.2, 0) is 46.0 Å². The third kappa shape index (κ3) is 4.78.